The molecule has 1 saturated carbocycles. The third kappa shape index (κ3) is 2.46. The molecule has 0 amide bonds. The Bertz CT molecular complexity index is 413. The van der Waals surface area contributed by atoms with Crippen LogP contribution in [0.25, 0.3) is 0 Å². The first-order valence-electron chi connectivity index (χ1n) is 6.10. The summed E-state index contributed by atoms with van der Waals surface area (Å²) in [4.78, 5) is 4.30. The molecule has 0 atom stereocenters. The monoisotopic (exact) mass is 256 g/mol. The van der Waals surface area contributed by atoms with Gasteiger partial charge in [0, 0.05) is 37.1 Å². The molecule has 18 heavy (non-hydrogen) atoms. The summed E-state index contributed by atoms with van der Waals surface area (Å²) in [6, 6.07) is 3.54. The fourth-order valence-corrected chi connectivity index (χ4v) is 2.49. The average molecular weight is 256 g/mol. The number of hydrogen-bond donors (Lipinski definition) is 1. The van der Waals surface area contributed by atoms with Gasteiger partial charge in [0.1, 0.15) is 5.75 Å². The van der Waals surface area contributed by atoms with Gasteiger partial charge in [0.25, 0.3) is 0 Å². The maximum Gasteiger partial charge on any atom is 0.248 e. The van der Waals surface area contributed by atoms with Crippen LogP contribution >= 0.6 is 0 Å². The van der Waals surface area contributed by atoms with Gasteiger partial charge < -0.3 is 10.5 Å². The summed E-state index contributed by atoms with van der Waals surface area (Å²) in [6.45, 7) is 0.337. The fourth-order valence-electron chi connectivity index (χ4n) is 2.49. The van der Waals surface area contributed by atoms with Gasteiger partial charge in [-0.15, -0.1) is 0 Å². The predicted molar refractivity (Wildman–Crippen MR) is 64.9 cm³/mol. The highest BCUT2D eigenvalue weighted by molar-refractivity contribution is 5.29. The van der Waals surface area contributed by atoms with Crippen LogP contribution in [0.5, 0.6) is 5.75 Å². The van der Waals surface area contributed by atoms with Crippen molar-refractivity contribution in [3.05, 3.63) is 24.0 Å². The molecule has 0 radical (unpaired) electrons. The Hall–Kier alpha value is -1.23. The number of pyridine rings is 1. The molecule has 1 fully saturated rings. The molecule has 0 aliphatic heterocycles. The first-order chi connectivity index (χ1) is 8.51. The summed E-state index contributed by atoms with van der Waals surface area (Å²) in [5.74, 6) is -1.87. The van der Waals surface area contributed by atoms with Crippen molar-refractivity contribution in [2.24, 2.45) is 5.73 Å². The standard InChI is InChI=1S/C13H18F2N2O/c1-18-10-2-7-17-11(8-10)12(9-16)3-5-13(14,15)6-4-12/h2,7-8H,3-6,9,16H2,1H3. The van der Waals surface area contributed by atoms with Gasteiger partial charge in [-0.05, 0) is 18.9 Å². The minimum absolute atomic E-state index is 0.122. The second-order valence-corrected chi connectivity index (χ2v) is 4.92. The van der Waals surface area contributed by atoms with Gasteiger partial charge in [0.2, 0.25) is 5.92 Å². The number of ether oxygens (including phenoxy) is 1. The molecule has 0 aromatic carbocycles. The lowest BCUT2D eigenvalue weighted by Crippen LogP contribution is -2.42. The average Bonchev–Trinajstić information content (AvgIpc) is 2.39. The van der Waals surface area contributed by atoms with Crippen LogP contribution in [-0.4, -0.2) is 24.6 Å². The Morgan fingerprint density at radius 2 is 2.00 bits per heavy atom. The van der Waals surface area contributed by atoms with Gasteiger partial charge in [-0.25, -0.2) is 8.78 Å². The molecule has 1 aliphatic carbocycles. The summed E-state index contributed by atoms with van der Waals surface area (Å²) in [6.07, 6.45) is 2.14. The molecule has 1 aliphatic rings. The van der Waals surface area contributed by atoms with E-state index in [1.165, 1.54) is 0 Å². The molecule has 1 aromatic rings. The van der Waals surface area contributed by atoms with E-state index in [9.17, 15) is 8.78 Å². The molecule has 1 heterocycles. The zero-order chi connectivity index (χ0) is 13.2. The van der Waals surface area contributed by atoms with Crippen LogP contribution < -0.4 is 10.5 Å². The molecule has 2 N–H and O–H groups in total. The number of methoxy groups -OCH3 is 1. The van der Waals surface area contributed by atoms with Gasteiger partial charge >= 0.3 is 0 Å². The van der Waals surface area contributed by atoms with Crippen molar-refractivity contribution in [1.82, 2.24) is 4.98 Å². The van der Waals surface area contributed by atoms with E-state index in [1.54, 1.807) is 25.4 Å². The van der Waals surface area contributed by atoms with Crippen molar-refractivity contribution in [2.75, 3.05) is 13.7 Å². The number of aromatic nitrogens is 1. The molecule has 0 unspecified atom stereocenters. The van der Waals surface area contributed by atoms with E-state index in [4.69, 9.17) is 10.5 Å². The first kappa shape index (κ1) is 13.2. The molecule has 2 rings (SSSR count). The lowest BCUT2D eigenvalue weighted by atomic mass is 9.70. The van der Waals surface area contributed by atoms with E-state index >= 15 is 0 Å². The van der Waals surface area contributed by atoms with Crippen molar-refractivity contribution in [1.29, 1.82) is 0 Å². The van der Waals surface area contributed by atoms with Gasteiger partial charge in [0.05, 0.1) is 12.8 Å². The van der Waals surface area contributed by atoms with E-state index in [-0.39, 0.29) is 12.8 Å². The molecular formula is C13H18F2N2O. The Kier molecular flexibility index (Phi) is 3.52. The molecule has 100 valence electrons. The number of rotatable bonds is 3. The smallest absolute Gasteiger partial charge is 0.248 e. The molecule has 3 nitrogen and oxygen atoms in total. The SMILES string of the molecule is COc1ccnc(C2(CN)CCC(F)(F)CC2)c1. The van der Waals surface area contributed by atoms with Crippen molar-refractivity contribution in [3.8, 4) is 5.75 Å². The summed E-state index contributed by atoms with van der Waals surface area (Å²) < 4.78 is 31.7. The Labute approximate surface area is 105 Å². The second kappa shape index (κ2) is 4.80. The lowest BCUT2D eigenvalue weighted by Gasteiger charge is -2.38. The zero-order valence-electron chi connectivity index (χ0n) is 10.5. The van der Waals surface area contributed by atoms with Crippen molar-refractivity contribution in [3.63, 3.8) is 0 Å². The number of halogens is 2. The van der Waals surface area contributed by atoms with Gasteiger partial charge in [-0.3, -0.25) is 4.98 Å². The van der Waals surface area contributed by atoms with E-state index in [1.807, 2.05) is 0 Å². The van der Waals surface area contributed by atoms with Crippen molar-refractivity contribution in [2.45, 2.75) is 37.0 Å². The molecule has 1 aromatic heterocycles. The molecular weight excluding hydrogens is 238 g/mol. The largest absolute Gasteiger partial charge is 0.497 e. The maximum absolute atomic E-state index is 13.3. The van der Waals surface area contributed by atoms with Crippen LogP contribution in [-0.2, 0) is 5.41 Å². The van der Waals surface area contributed by atoms with Gasteiger partial charge in [0.15, 0.2) is 0 Å². The maximum atomic E-state index is 13.3. The Morgan fingerprint density at radius 1 is 1.33 bits per heavy atom. The number of nitrogens with two attached hydrogens (primary N) is 1. The van der Waals surface area contributed by atoms with Gasteiger partial charge in [-0.2, -0.15) is 0 Å². The van der Waals surface area contributed by atoms with Crippen LogP contribution in [0.4, 0.5) is 8.78 Å². The van der Waals surface area contributed by atoms with Gasteiger partial charge in [-0.1, -0.05) is 0 Å². The third-order valence-corrected chi connectivity index (χ3v) is 3.84. The van der Waals surface area contributed by atoms with E-state index in [0.29, 0.717) is 25.1 Å². The van der Waals surface area contributed by atoms with E-state index in [2.05, 4.69) is 4.98 Å². The first-order valence-corrected chi connectivity index (χ1v) is 6.10. The van der Waals surface area contributed by atoms with Crippen LogP contribution in [0.15, 0.2) is 18.3 Å². The Balaban J connectivity index is 2.27. The molecule has 5 heteroatoms. The van der Waals surface area contributed by atoms with Crippen LogP contribution in [0, 0.1) is 0 Å². The quantitative estimate of drug-likeness (QED) is 0.903. The van der Waals surface area contributed by atoms with Crippen LogP contribution in [0.2, 0.25) is 0 Å². The molecule has 0 saturated heterocycles. The van der Waals surface area contributed by atoms with Crippen molar-refractivity contribution < 1.29 is 13.5 Å². The minimum atomic E-state index is -2.56. The fraction of sp³-hybridized carbons (Fsp3) is 0.615. The predicted octanol–water partition coefficient (Wildman–Crippen LogP) is 2.50. The normalized spacial score (nSPS) is 21.6. The minimum Gasteiger partial charge on any atom is -0.497 e. The van der Waals surface area contributed by atoms with Crippen LogP contribution in [0.1, 0.15) is 31.4 Å². The van der Waals surface area contributed by atoms with E-state index < -0.39 is 11.3 Å². The zero-order valence-corrected chi connectivity index (χ0v) is 10.5. The number of hydrogen-bond acceptors (Lipinski definition) is 3. The number of nitrogens with zero attached hydrogens (tertiary/aromatic N) is 1. The summed E-state index contributed by atoms with van der Waals surface area (Å²) in [5.41, 5.74) is 6.15. The lowest BCUT2D eigenvalue weighted by molar-refractivity contribution is -0.0514. The summed E-state index contributed by atoms with van der Waals surface area (Å²) in [5, 5.41) is 0. The summed E-state index contributed by atoms with van der Waals surface area (Å²) >= 11 is 0. The third-order valence-electron chi connectivity index (χ3n) is 3.84. The highest BCUT2D eigenvalue weighted by Gasteiger charge is 2.44. The summed E-state index contributed by atoms with van der Waals surface area (Å²) in [7, 11) is 1.57. The number of alkyl halides is 2. The highest BCUT2D eigenvalue weighted by Crippen LogP contribution is 2.44. The molecule has 0 bridgehead atoms. The van der Waals surface area contributed by atoms with Crippen molar-refractivity contribution >= 4 is 0 Å². The highest BCUT2D eigenvalue weighted by atomic mass is 19.3. The van der Waals surface area contributed by atoms with Crippen LogP contribution in [0.3, 0.4) is 0 Å². The Morgan fingerprint density at radius 3 is 2.56 bits per heavy atom. The molecule has 0 spiro atoms. The second-order valence-electron chi connectivity index (χ2n) is 4.92. The van der Waals surface area contributed by atoms with E-state index in [0.717, 1.165) is 5.69 Å². The topological polar surface area (TPSA) is 48.1 Å².